The first-order chi connectivity index (χ1) is 12.8. The molecule has 27 heavy (non-hydrogen) atoms. The SMILES string of the molecule is CC(=O)NCCOC(=O)[C@H](Oc1cccc(C(F)(F)F)c1)c1ccccc1. The quantitative estimate of drug-likeness (QED) is 0.589. The highest BCUT2D eigenvalue weighted by atomic mass is 19.4. The van der Waals surface area contributed by atoms with Gasteiger partial charge in [-0.05, 0) is 18.2 Å². The van der Waals surface area contributed by atoms with E-state index in [0.717, 1.165) is 12.1 Å². The minimum atomic E-state index is -4.53. The summed E-state index contributed by atoms with van der Waals surface area (Å²) < 4.78 is 49.2. The molecule has 0 aliphatic heterocycles. The number of hydrogen-bond acceptors (Lipinski definition) is 4. The molecule has 0 aliphatic rings. The molecule has 0 unspecified atom stereocenters. The molecule has 0 saturated heterocycles. The topological polar surface area (TPSA) is 64.6 Å². The first-order valence-electron chi connectivity index (χ1n) is 8.07. The minimum absolute atomic E-state index is 0.0896. The van der Waals surface area contributed by atoms with Crippen molar-refractivity contribution < 1.29 is 32.2 Å². The Bertz CT molecular complexity index is 778. The van der Waals surface area contributed by atoms with Crippen LogP contribution in [-0.2, 0) is 20.5 Å². The van der Waals surface area contributed by atoms with E-state index < -0.39 is 23.8 Å². The van der Waals surface area contributed by atoms with E-state index in [9.17, 15) is 22.8 Å². The van der Waals surface area contributed by atoms with Gasteiger partial charge < -0.3 is 14.8 Å². The van der Waals surface area contributed by atoms with E-state index in [2.05, 4.69) is 5.32 Å². The molecular weight excluding hydrogens is 363 g/mol. The van der Waals surface area contributed by atoms with E-state index in [1.165, 1.54) is 19.1 Å². The highest BCUT2D eigenvalue weighted by molar-refractivity contribution is 5.77. The fourth-order valence-corrected chi connectivity index (χ4v) is 2.22. The second-order valence-electron chi connectivity index (χ2n) is 5.58. The maximum absolute atomic E-state index is 12.9. The van der Waals surface area contributed by atoms with Crippen molar-refractivity contribution in [2.75, 3.05) is 13.2 Å². The number of nitrogens with one attached hydrogen (secondary N) is 1. The van der Waals surface area contributed by atoms with Crippen LogP contribution in [0.5, 0.6) is 5.75 Å². The van der Waals surface area contributed by atoms with Crippen LogP contribution in [0.15, 0.2) is 54.6 Å². The van der Waals surface area contributed by atoms with Gasteiger partial charge in [0.15, 0.2) is 0 Å². The predicted octanol–water partition coefficient (Wildman–Crippen LogP) is 3.50. The van der Waals surface area contributed by atoms with Crippen molar-refractivity contribution >= 4 is 11.9 Å². The van der Waals surface area contributed by atoms with Crippen molar-refractivity contribution in [3.8, 4) is 5.75 Å². The zero-order chi connectivity index (χ0) is 19.9. The molecule has 144 valence electrons. The largest absolute Gasteiger partial charge is 0.474 e. The third-order valence-corrected chi connectivity index (χ3v) is 3.45. The van der Waals surface area contributed by atoms with E-state index in [0.29, 0.717) is 5.56 Å². The van der Waals surface area contributed by atoms with Crippen molar-refractivity contribution in [1.82, 2.24) is 5.32 Å². The van der Waals surface area contributed by atoms with Crippen LogP contribution in [0, 0.1) is 0 Å². The van der Waals surface area contributed by atoms with Crippen molar-refractivity contribution in [1.29, 1.82) is 0 Å². The van der Waals surface area contributed by atoms with Crippen LogP contribution in [-0.4, -0.2) is 25.0 Å². The molecule has 0 aliphatic carbocycles. The van der Waals surface area contributed by atoms with Crippen LogP contribution in [0.4, 0.5) is 13.2 Å². The molecule has 0 heterocycles. The Hall–Kier alpha value is -3.03. The van der Waals surface area contributed by atoms with Gasteiger partial charge >= 0.3 is 12.1 Å². The maximum atomic E-state index is 12.9. The van der Waals surface area contributed by atoms with Gasteiger partial charge in [0.25, 0.3) is 0 Å². The Balaban J connectivity index is 2.16. The van der Waals surface area contributed by atoms with Gasteiger partial charge in [-0.15, -0.1) is 0 Å². The van der Waals surface area contributed by atoms with Crippen LogP contribution >= 0.6 is 0 Å². The smallest absolute Gasteiger partial charge is 0.416 e. The van der Waals surface area contributed by atoms with E-state index in [1.807, 2.05) is 0 Å². The van der Waals surface area contributed by atoms with E-state index in [1.54, 1.807) is 30.3 Å². The molecule has 1 N–H and O–H groups in total. The average molecular weight is 381 g/mol. The second-order valence-corrected chi connectivity index (χ2v) is 5.58. The minimum Gasteiger partial charge on any atom is -0.474 e. The molecule has 8 heteroatoms. The Morgan fingerprint density at radius 1 is 1.07 bits per heavy atom. The number of rotatable bonds is 7. The number of carbonyl (C=O) groups is 2. The Kier molecular flexibility index (Phi) is 6.81. The number of alkyl halides is 3. The van der Waals surface area contributed by atoms with Crippen molar-refractivity contribution in [3.63, 3.8) is 0 Å². The number of benzene rings is 2. The maximum Gasteiger partial charge on any atom is 0.416 e. The molecule has 0 bridgehead atoms. The highest BCUT2D eigenvalue weighted by Crippen LogP contribution is 2.32. The number of amides is 1. The van der Waals surface area contributed by atoms with E-state index in [4.69, 9.17) is 9.47 Å². The van der Waals surface area contributed by atoms with Gasteiger partial charge in [-0.3, -0.25) is 4.79 Å². The van der Waals surface area contributed by atoms with Crippen LogP contribution in [0.1, 0.15) is 24.2 Å². The monoisotopic (exact) mass is 381 g/mol. The summed E-state index contributed by atoms with van der Waals surface area (Å²) in [6, 6.07) is 12.5. The number of ether oxygens (including phenoxy) is 2. The summed E-state index contributed by atoms with van der Waals surface area (Å²) in [7, 11) is 0. The Morgan fingerprint density at radius 3 is 2.41 bits per heavy atom. The van der Waals surface area contributed by atoms with Crippen LogP contribution < -0.4 is 10.1 Å². The fraction of sp³-hybridized carbons (Fsp3) is 0.263. The molecule has 0 fully saturated rings. The molecule has 1 atom stereocenters. The first kappa shape index (κ1) is 20.3. The average Bonchev–Trinajstić information content (AvgIpc) is 2.63. The molecule has 0 aromatic heterocycles. The van der Waals surface area contributed by atoms with Crippen LogP contribution in [0.2, 0.25) is 0 Å². The summed E-state index contributed by atoms with van der Waals surface area (Å²) in [6.07, 6.45) is -5.77. The third-order valence-electron chi connectivity index (χ3n) is 3.45. The van der Waals surface area contributed by atoms with Crippen molar-refractivity contribution in [2.24, 2.45) is 0 Å². The predicted molar refractivity (Wildman–Crippen MR) is 90.9 cm³/mol. The summed E-state index contributed by atoms with van der Waals surface area (Å²) in [5, 5.41) is 2.47. The zero-order valence-corrected chi connectivity index (χ0v) is 14.5. The van der Waals surface area contributed by atoms with E-state index in [-0.39, 0.29) is 24.8 Å². The summed E-state index contributed by atoms with van der Waals surface area (Å²) >= 11 is 0. The zero-order valence-electron chi connectivity index (χ0n) is 14.5. The van der Waals surface area contributed by atoms with Gasteiger partial charge in [-0.25, -0.2) is 4.79 Å². The van der Waals surface area contributed by atoms with Crippen LogP contribution in [0.3, 0.4) is 0 Å². The molecule has 1 amide bonds. The van der Waals surface area contributed by atoms with Crippen molar-refractivity contribution in [2.45, 2.75) is 19.2 Å². The normalized spacial score (nSPS) is 12.1. The van der Waals surface area contributed by atoms with Gasteiger partial charge in [0.1, 0.15) is 12.4 Å². The standard InChI is InChI=1S/C19H18F3NO4/c1-13(24)23-10-11-26-18(25)17(14-6-3-2-4-7-14)27-16-9-5-8-15(12-16)19(20,21)22/h2-9,12,17H,10-11H2,1H3,(H,23,24)/t17-/m1/s1. The number of carbonyl (C=O) groups excluding carboxylic acids is 2. The van der Waals surface area contributed by atoms with Gasteiger partial charge in [0.05, 0.1) is 12.1 Å². The third kappa shape index (κ3) is 6.32. The molecule has 0 spiro atoms. The lowest BCUT2D eigenvalue weighted by molar-refractivity contribution is -0.152. The second kappa shape index (κ2) is 9.07. The van der Waals surface area contributed by atoms with Gasteiger partial charge in [-0.2, -0.15) is 13.2 Å². The van der Waals surface area contributed by atoms with Crippen LogP contribution in [0.25, 0.3) is 0 Å². The molecule has 0 saturated carbocycles. The lowest BCUT2D eigenvalue weighted by atomic mass is 10.1. The summed E-state index contributed by atoms with van der Waals surface area (Å²) in [5.74, 6) is -1.16. The summed E-state index contributed by atoms with van der Waals surface area (Å²) in [6.45, 7) is 1.35. The molecule has 5 nitrogen and oxygen atoms in total. The molecule has 2 aromatic rings. The van der Waals surface area contributed by atoms with Gasteiger partial charge in [-0.1, -0.05) is 36.4 Å². The van der Waals surface area contributed by atoms with Gasteiger partial charge in [0.2, 0.25) is 12.0 Å². The summed E-state index contributed by atoms with van der Waals surface area (Å²) in [5.41, 5.74) is -0.453. The summed E-state index contributed by atoms with van der Waals surface area (Å²) in [4.78, 5) is 23.2. The molecule has 0 radical (unpaired) electrons. The molecular formula is C19H18F3NO4. The van der Waals surface area contributed by atoms with Crippen molar-refractivity contribution in [3.05, 3.63) is 65.7 Å². The van der Waals surface area contributed by atoms with Gasteiger partial charge in [0, 0.05) is 12.5 Å². The number of halogens is 3. The number of esters is 1. The highest BCUT2D eigenvalue weighted by Gasteiger charge is 2.31. The first-order valence-corrected chi connectivity index (χ1v) is 8.07. The Morgan fingerprint density at radius 2 is 1.78 bits per heavy atom. The molecule has 2 rings (SSSR count). The Labute approximate surface area is 154 Å². The lowest BCUT2D eigenvalue weighted by Crippen LogP contribution is -2.28. The lowest BCUT2D eigenvalue weighted by Gasteiger charge is -2.19. The van der Waals surface area contributed by atoms with E-state index >= 15 is 0 Å². The fourth-order valence-electron chi connectivity index (χ4n) is 2.22. The number of hydrogen-bond donors (Lipinski definition) is 1. The molecule has 2 aromatic carbocycles.